The first kappa shape index (κ1) is 19.4. The second kappa shape index (κ2) is 10.2. The van der Waals surface area contributed by atoms with Gasteiger partial charge in [0, 0.05) is 5.56 Å². The van der Waals surface area contributed by atoms with Crippen molar-refractivity contribution < 1.29 is 14.4 Å². The Morgan fingerprint density at radius 2 is 1.90 bits per heavy atom. The minimum atomic E-state index is -0.207. The number of hydrogen-bond acceptors (Lipinski definition) is 2. The van der Waals surface area contributed by atoms with E-state index in [0.717, 1.165) is 13.1 Å². The molecule has 2 atom stereocenters. The van der Waals surface area contributed by atoms with E-state index in [9.17, 15) is 4.79 Å². The van der Waals surface area contributed by atoms with E-state index in [0.29, 0.717) is 6.61 Å². The van der Waals surface area contributed by atoms with Gasteiger partial charge in [-0.3, -0.25) is 4.79 Å². The van der Waals surface area contributed by atoms with Crippen LogP contribution < -0.4 is 4.90 Å². The fourth-order valence-corrected chi connectivity index (χ4v) is 1.84. The van der Waals surface area contributed by atoms with Crippen LogP contribution in [0.15, 0.2) is 30.3 Å². The molecule has 5 heteroatoms. The van der Waals surface area contributed by atoms with Crippen molar-refractivity contribution in [1.29, 1.82) is 0 Å². The lowest BCUT2D eigenvalue weighted by atomic mass is 10.1. The van der Waals surface area contributed by atoms with Crippen LogP contribution in [0.3, 0.4) is 0 Å². The summed E-state index contributed by atoms with van der Waals surface area (Å²) in [7, 11) is 2.11. The molecule has 0 fully saturated rings. The summed E-state index contributed by atoms with van der Waals surface area (Å²) in [4.78, 5) is 12.8. The Morgan fingerprint density at radius 3 is 2.45 bits per heavy atom. The molecular weight excluding hydrogens is 342 g/mol. The molecule has 0 radical (unpaired) electrons. The Balaban J connectivity index is 0.00000361. The van der Waals surface area contributed by atoms with Crippen molar-refractivity contribution >= 4 is 34.3 Å². The molecular formula is C15H24BrClNO2+. The van der Waals surface area contributed by atoms with Gasteiger partial charge in [0.1, 0.15) is 24.5 Å². The fraction of sp³-hybridized carbons (Fsp3) is 0.533. The van der Waals surface area contributed by atoms with Gasteiger partial charge in [0.25, 0.3) is 0 Å². The van der Waals surface area contributed by atoms with E-state index in [-0.39, 0.29) is 29.1 Å². The van der Waals surface area contributed by atoms with E-state index >= 15 is 0 Å². The fourth-order valence-electron chi connectivity index (χ4n) is 1.71. The Bertz CT molecular complexity index is 387. The third-order valence-electron chi connectivity index (χ3n) is 2.93. The van der Waals surface area contributed by atoms with Crippen molar-refractivity contribution in [3.63, 3.8) is 0 Å². The number of quaternary nitrogens is 1. The number of esters is 1. The molecule has 114 valence electrons. The highest BCUT2D eigenvalue weighted by Crippen LogP contribution is 2.13. The molecule has 0 aliphatic heterocycles. The van der Waals surface area contributed by atoms with E-state index in [1.165, 1.54) is 10.5 Å². The number of likely N-dealkylation sites (N-methyl/N-ethyl adjacent to an activating group) is 1. The van der Waals surface area contributed by atoms with Crippen molar-refractivity contribution in [3.8, 4) is 0 Å². The van der Waals surface area contributed by atoms with E-state index in [1.54, 1.807) is 0 Å². The number of rotatable bonds is 7. The SMILES string of the molecule is CC(C)C(Br)C(=O)OCC[NH+](C)Cc1ccccc1.Cl. The van der Waals surface area contributed by atoms with Crippen molar-refractivity contribution in [2.24, 2.45) is 5.92 Å². The maximum atomic E-state index is 11.6. The molecule has 0 amide bonds. The molecule has 0 spiro atoms. The molecule has 0 bridgehead atoms. The summed E-state index contributed by atoms with van der Waals surface area (Å²) in [5.41, 5.74) is 1.30. The largest absolute Gasteiger partial charge is 0.459 e. The quantitative estimate of drug-likeness (QED) is 0.592. The summed E-state index contributed by atoms with van der Waals surface area (Å²) < 4.78 is 5.27. The molecule has 2 unspecified atom stereocenters. The van der Waals surface area contributed by atoms with Crippen LogP contribution in [0.2, 0.25) is 0 Å². The molecule has 1 N–H and O–H groups in total. The molecule has 3 nitrogen and oxygen atoms in total. The number of alkyl halides is 1. The smallest absolute Gasteiger partial charge is 0.320 e. The van der Waals surface area contributed by atoms with E-state index < -0.39 is 0 Å². The normalized spacial score (nSPS) is 13.4. The molecule has 0 aliphatic rings. The van der Waals surface area contributed by atoms with Crippen LogP contribution in [0.25, 0.3) is 0 Å². The highest BCUT2D eigenvalue weighted by atomic mass is 79.9. The Kier molecular flexibility index (Phi) is 9.90. The van der Waals surface area contributed by atoms with Gasteiger partial charge in [0.2, 0.25) is 0 Å². The van der Waals surface area contributed by atoms with Crippen LogP contribution >= 0.6 is 28.3 Å². The predicted octanol–water partition coefficient (Wildman–Crippen LogP) is 2.09. The molecule has 1 aromatic carbocycles. The standard InChI is InChI=1S/C15H22BrNO2.ClH/c1-12(2)14(16)15(18)19-10-9-17(3)11-13-7-5-4-6-8-13;/h4-8,12,14H,9-11H2,1-3H3;1H/p+1. The zero-order chi connectivity index (χ0) is 14.3. The van der Waals surface area contributed by atoms with Crippen LogP contribution in [0.5, 0.6) is 0 Å². The first-order chi connectivity index (χ1) is 9.00. The summed E-state index contributed by atoms with van der Waals surface area (Å²) in [6, 6.07) is 10.3. The van der Waals surface area contributed by atoms with E-state index in [2.05, 4.69) is 35.1 Å². The summed E-state index contributed by atoms with van der Waals surface area (Å²) >= 11 is 3.35. The van der Waals surface area contributed by atoms with Gasteiger partial charge >= 0.3 is 5.97 Å². The average Bonchev–Trinajstić information content (AvgIpc) is 2.38. The summed E-state index contributed by atoms with van der Waals surface area (Å²) in [6.07, 6.45) is 0. The highest BCUT2D eigenvalue weighted by molar-refractivity contribution is 9.10. The molecule has 0 saturated carbocycles. The summed E-state index contributed by atoms with van der Waals surface area (Å²) in [6.45, 7) is 6.21. The lowest BCUT2D eigenvalue weighted by Gasteiger charge is -2.16. The third kappa shape index (κ3) is 7.27. The average molecular weight is 366 g/mol. The van der Waals surface area contributed by atoms with Gasteiger partial charge < -0.3 is 9.64 Å². The van der Waals surface area contributed by atoms with Crippen LogP contribution in [-0.2, 0) is 16.1 Å². The van der Waals surface area contributed by atoms with Crippen LogP contribution in [0.1, 0.15) is 19.4 Å². The van der Waals surface area contributed by atoms with Crippen molar-refractivity contribution in [2.45, 2.75) is 25.2 Å². The highest BCUT2D eigenvalue weighted by Gasteiger charge is 2.20. The lowest BCUT2D eigenvalue weighted by Crippen LogP contribution is -3.08. The molecule has 0 saturated heterocycles. The Hall–Kier alpha value is -0.580. The summed E-state index contributed by atoms with van der Waals surface area (Å²) in [5.74, 6) is 0.0874. The maximum Gasteiger partial charge on any atom is 0.320 e. The van der Waals surface area contributed by atoms with Crippen LogP contribution in [-0.4, -0.2) is 31.0 Å². The summed E-state index contributed by atoms with van der Waals surface area (Å²) in [5, 5.41) is 0. The number of nitrogens with one attached hydrogen (secondary N) is 1. The lowest BCUT2D eigenvalue weighted by molar-refractivity contribution is -0.893. The van der Waals surface area contributed by atoms with Gasteiger partial charge in [0.15, 0.2) is 0 Å². The topological polar surface area (TPSA) is 30.7 Å². The number of carbonyl (C=O) groups excluding carboxylic acids is 1. The van der Waals surface area contributed by atoms with Gasteiger partial charge in [0.05, 0.1) is 7.05 Å². The van der Waals surface area contributed by atoms with Crippen molar-refractivity contribution in [1.82, 2.24) is 0 Å². The van der Waals surface area contributed by atoms with E-state index in [4.69, 9.17) is 4.74 Å². The van der Waals surface area contributed by atoms with Crippen molar-refractivity contribution in [3.05, 3.63) is 35.9 Å². The number of halogens is 2. The van der Waals surface area contributed by atoms with Gasteiger partial charge in [-0.15, -0.1) is 12.4 Å². The monoisotopic (exact) mass is 364 g/mol. The first-order valence-electron chi connectivity index (χ1n) is 6.66. The van der Waals surface area contributed by atoms with Gasteiger partial charge in [-0.2, -0.15) is 0 Å². The van der Waals surface area contributed by atoms with Crippen LogP contribution in [0, 0.1) is 5.92 Å². The molecule has 0 aliphatic carbocycles. The molecule has 20 heavy (non-hydrogen) atoms. The second-order valence-electron chi connectivity index (χ2n) is 5.18. The number of ether oxygens (including phenoxy) is 1. The minimum absolute atomic E-state index is 0. The van der Waals surface area contributed by atoms with Gasteiger partial charge in [-0.05, 0) is 5.92 Å². The third-order valence-corrected chi connectivity index (χ3v) is 4.36. The van der Waals surface area contributed by atoms with Gasteiger partial charge in [-0.1, -0.05) is 60.1 Å². The van der Waals surface area contributed by atoms with Crippen molar-refractivity contribution in [2.75, 3.05) is 20.2 Å². The zero-order valence-electron chi connectivity index (χ0n) is 12.3. The van der Waals surface area contributed by atoms with Crippen LogP contribution in [0.4, 0.5) is 0 Å². The number of benzene rings is 1. The predicted molar refractivity (Wildman–Crippen MR) is 87.7 cm³/mol. The maximum absolute atomic E-state index is 11.6. The molecule has 0 heterocycles. The second-order valence-corrected chi connectivity index (χ2v) is 6.17. The van der Waals surface area contributed by atoms with Gasteiger partial charge in [-0.25, -0.2) is 0 Å². The molecule has 1 aromatic rings. The number of hydrogen-bond donors (Lipinski definition) is 1. The molecule has 0 aromatic heterocycles. The number of carbonyl (C=O) groups is 1. The minimum Gasteiger partial charge on any atom is -0.459 e. The first-order valence-corrected chi connectivity index (χ1v) is 7.58. The Labute approximate surface area is 136 Å². The zero-order valence-corrected chi connectivity index (χ0v) is 14.7. The molecule has 1 rings (SSSR count). The Morgan fingerprint density at radius 1 is 1.30 bits per heavy atom. The van der Waals surface area contributed by atoms with E-state index in [1.807, 2.05) is 32.0 Å².